The van der Waals surface area contributed by atoms with Crippen LogP contribution in [-0.4, -0.2) is 0 Å². The molecule has 0 bridgehead atoms. The van der Waals surface area contributed by atoms with Gasteiger partial charge in [-0.1, -0.05) is 31.9 Å². The fraction of sp³-hybridized carbons (Fsp3) is 0. The molecule has 0 N–H and O–H groups in total. The molecule has 0 aromatic heterocycles. The van der Waals surface area contributed by atoms with Crippen LogP contribution in [0.1, 0.15) is 0 Å². The van der Waals surface area contributed by atoms with Crippen LogP contribution in [0.5, 0.6) is 0 Å². The van der Waals surface area contributed by atoms with Crippen molar-refractivity contribution >= 4 is 96.6 Å². The standard InChI is InChI=1S/C6H3BrCl2F8S2.C6H5BrS2/c7-4-1-5(18(8,10,11,12)13)3-6(2-4)19(9,14,15,16)17;7-4-1-5(8)3-6(9)2-4/h1-3H;1-3,8-9H. The molecule has 28 heavy (non-hydrogen) atoms. The highest BCUT2D eigenvalue weighted by molar-refractivity contribution is 9.10. The largest absolute Gasteiger partial charge is 0.253 e. The summed E-state index contributed by atoms with van der Waals surface area (Å²) < 4.78 is 103. The van der Waals surface area contributed by atoms with E-state index in [-0.39, 0.29) is 12.1 Å². The number of hydrogen-bond acceptors (Lipinski definition) is 2. The first-order valence-electron chi connectivity index (χ1n) is 6.24. The van der Waals surface area contributed by atoms with Gasteiger partial charge in [-0.3, -0.25) is 0 Å². The predicted molar refractivity (Wildman–Crippen MR) is 115 cm³/mol. The monoisotopic (exact) mass is 660 g/mol. The average Bonchev–Trinajstić information content (AvgIpc) is 2.31. The summed E-state index contributed by atoms with van der Waals surface area (Å²) in [6.45, 7) is 0. The molecular weight excluding hydrogens is 655 g/mol. The highest BCUT2D eigenvalue weighted by Crippen LogP contribution is 3.07. The van der Waals surface area contributed by atoms with Crippen LogP contribution in [0.4, 0.5) is 31.1 Å². The molecule has 0 nitrogen and oxygen atoms in total. The van der Waals surface area contributed by atoms with Crippen LogP contribution < -0.4 is 0 Å². The lowest BCUT2D eigenvalue weighted by Gasteiger charge is -2.46. The zero-order valence-corrected chi connectivity index (χ0v) is 20.8. The summed E-state index contributed by atoms with van der Waals surface area (Å²) >= 11 is 13.9. The predicted octanol–water partition coefficient (Wildman–Crippen LogP) is 11.3. The maximum atomic E-state index is 12.8. The van der Waals surface area contributed by atoms with Gasteiger partial charge in [-0.2, -0.15) is 0 Å². The molecule has 0 atom stereocenters. The molecule has 0 spiro atoms. The SMILES string of the molecule is FS(F)(F)(F)(Cl)c1cc(Br)cc(S(F)(F)(F)(F)Cl)c1.Sc1cc(S)cc(Br)c1. The number of halogens is 12. The van der Waals surface area contributed by atoms with E-state index in [9.17, 15) is 31.1 Å². The molecular formula is C12H8Br2Cl2F8S4. The van der Waals surface area contributed by atoms with Crippen molar-refractivity contribution in [2.75, 3.05) is 0 Å². The van der Waals surface area contributed by atoms with E-state index in [2.05, 4.69) is 78.5 Å². The van der Waals surface area contributed by atoms with Gasteiger partial charge in [0, 0.05) is 40.1 Å². The zero-order chi connectivity index (χ0) is 22.5. The van der Waals surface area contributed by atoms with Crippen LogP contribution in [0.2, 0.25) is 0 Å². The summed E-state index contributed by atoms with van der Waals surface area (Å²) in [5, 5.41) is 0. The minimum atomic E-state index is -9.42. The van der Waals surface area contributed by atoms with E-state index in [0.29, 0.717) is 0 Å². The van der Waals surface area contributed by atoms with Crippen molar-refractivity contribution in [3.05, 3.63) is 45.3 Å². The zero-order valence-electron chi connectivity index (χ0n) is 12.7. The van der Waals surface area contributed by atoms with E-state index in [4.69, 9.17) is 0 Å². The Morgan fingerprint density at radius 1 is 0.571 bits per heavy atom. The number of thiol groups is 2. The molecule has 0 unspecified atom stereocenters. The third-order valence-electron chi connectivity index (χ3n) is 2.60. The Labute approximate surface area is 191 Å². The average molecular weight is 663 g/mol. The first kappa shape index (κ1) is 26.9. The Balaban J connectivity index is 0.000000362. The molecule has 0 aliphatic rings. The van der Waals surface area contributed by atoms with Gasteiger partial charge < -0.3 is 0 Å². The van der Waals surface area contributed by atoms with Crippen LogP contribution in [-0.2, 0) is 0 Å². The second-order valence-corrected chi connectivity index (χ2v) is 16.6. The molecule has 0 saturated carbocycles. The summed E-state index contributed by atoms with van der Waals surface area (Å²) in [6.07, 6.45) is 0. The smallest absolute Gasteiger partial charge is 0.143 e. The third-order valence-corrected chi connectivity index (χ3v) is 7.36. The van der Waals surface area contributed by atoms with Gasteiger partial charge in [0.15, 0.2) is 0 Å². The maximum absolute atomic E-state index is 12.8. The van der Waals surface area contributed by atoms with Crippen LogP contribution >= 0.6 is 96.6 Å². The van der Waals surface area contributed by atoms with Gasteiger partial charge in [-0.05, 0) is 36.4 Å². The van der Waals surface area contributed by atoms with Crippen molar-refractivity contribution in [1.82, 2.24) is 0 Å². The van der Waals surface area contributed by atoms with Gasteiger partial charge >= 0.3 is 0 Å². The quantitative estimate of drug-likeness (QED) is 0.232. The lowest BCUT2D eigenvalue weighted by atomic mass is 10.4. The molecule has 0 heterocycles. The fourth-order valence-electron chi connectivity index (χ4n) is 1.54. The van der Waals surface area contributed by atoms with Crippen LogP contribution in [0.15, 0.2) is 64.9 Å². The van der Waals surface area contributed by atoms with E-state index in [0.717, 1.165) is 14.3 Å². The second kappa shape index (κ2) is 6.66. The summed E-state index contributed by atoms with van der Waals surface area (Å²) in [6, 6.07) is 4.84. The molecule has 0 radical (unpaired) electrons. The molecule has 0 aliphatic heterocycles. The van der Waals surface area contributed by atoms with Crippen molar-refractivity contribution < 1.29 is 31.1 Å². The lowest BCUT2D eigenvalue weighted by molar-refractivity contribution is 0.474. The van der Waals surface area contributed by atoms with Gasteiger partial charge in [-0.25, -0.2) is 0 Å². The van der Waals surface area contributed by atoms with Crippen LogP contribution in [0.3, 0.4) is 0 Å². The van der Waals surface area contributed by atoms with Crippen LogP contribution in [0.25, 0.3) is 0 Å². The van der Waals surface area contributed by atoms with Crippen molar-refractivity contribution in [3.8, 4) is 0 Å². The van der Waals surface area contributed by atoms with Gasteiger partial charge in [0.1, 0.15) is 0 Å². The summed E-state index contributed by atoms with van der Waals surface area (Å²) in [4.78, 5) is -3.06. The maximum Gasteiger partial charge on any atom is 0.253 e. The third kappa shape index (κ3) is 8.90. The Hall–Kier alpha value is 0.820. The molecule has 0 fully saturated rings. The van der Waals surface area contributed by atoms with Gasteiger partial charge in [-0.15, -0.1) is 56.3 Å². The number of benzene rings is 2. The molecule has 0 saturated heterocycles. The molecule has 2 aromatic rings. The van der Waals surface area contributed by atoms with E-state index >= 15 is 0 Å². The molecule has 2 rings (SSSR count). The van der Waals surface area contributed by atoms with Gasteiger partial charge in [0.2, 0.25) is 0 Å². The van der Waals surface area contributed by atoms with Gasteiger partial charge in [0.25, 0.3) is 18.1 Å². The first-order valence-corrected chi connectivity index (χ1v) is 14.5. The van der Waals surface area contributed by atoms with Gasteiger partial charge in [0.05, 0.1) is 9.79 Å². The molecule has 16 heteroatoms. The van der Waals surface area contributed by atoms with Crippen LogP contribution in [0, 0.1) is 0 Å². The first-order chi connectivity index (χ1) is 11.8. The Kier molecular flexibility index (Phi) is 6.39. The fourth-order valence-corrected chi connectivity index (χ4v) is 5.85. The Morgan fingerprint density at radius 2 is 0.857 bits per heavy atom. The number of hydrogen-bond donors (Lipinski definition) is 2. The summed E-state index contributed by atoms with van der Waals surface area (Å²) in [7, 11) is -11.1. The van der Waals surface area contributed by atoms with E-state index in [1.165, 1.54) is 0 Å². The molecule has 0 aliphatic carbocycles. The highest BCUT2D eigenvalue weighted by Gasteiger charge is 2.67. The van der Waals surface area contributed by atoms with E-state index < -0.39 is 38.4 Å². The summed E-state index contributed by atoms with van der Waals surface area (Å²) in [5.41, 5.74) is 0. The topological polar surface area (TPSA) is 0 Å². The molecule has 2 aromatic carbocycles. The normalized spacial score (nSPS) is 17.4. The lowest BCUT2D eigenvalue weighted by Crippen LogP contribution is -2.09. The van der Waals surface area contributed by atoms with E-state index in [1.807, 2.05) is 18.2 Å². The molecule has 164 valence electrons. The Bertz CT molecular complexity index is 833. The van der Waals surface area contributed by atoms with Crippen molar-refractivity contribution in [2.24, 2.45) is 0 Å². The summed E-state index contributed by atoms with van der Waals surface area (Å²) in [5.74, 6) is 0. The second-order valence-electron chi connectivity index (χ2n) is 5.23. The van der Waals surface area contributed by atoms with Crippen molar-refractivity contribution in [3.63, 3.8) is 0 Å². The highest BCUT2D eigenvalue weighted by atomic mass is 79.9. The van der Waals surface area contributed by atoms with Crippen molar-refractivity contribution in [1.29, 1.82) is 0 Å². The Morgan fingerprint density at radius 3 is 1.11 bits per heavy atom. The molecule has 0 amide bonds. The number of rotatable bonds is 2. The minimum absolute atomic E-state index is 0.0432. The van der Waals surface area contributed by atoms with Crippen molar-refractivity contribution in [2.45, 2.75) is 19.6 Å². The van der Waals surface area contributed by atoms with E-state index in [1.54, 1.807) is 0 Å². The minimum Gasteiger partial charge on any atom is -0.143 e.